The number of ether oxygens (including phenoxy) is 1. The number of fused-ring (bicyclic) bond motifs is 1. The Balaban J connectivity index is 1.42. The lowest BCUT2D eigenvalue weighted by molar-refractivity contribution is -0.143. The molecule has 0 saturated carbocycles. The van der Waals surface area contributed by atoms with E-state index in [0.717, 1.165) is 11.5 Å². The Morgan fingerprint density at radius 1 is 1.20 bits per heavy atom. The summed E-state index contributed by atoms with van der Waals surface area (Å²) in [5.41, 5.74) is 8.88. The Bertz CT molecular complexity index is 1340. The highest BCUT2D eigenvalue weighted by molar-refractivity contribution is 5.85. The Hall–Kier alpha value is -3.25. The van der Waals surface area contributed by atoms with Gasteiger partial charge < -0.3 is 20.5 Å². The minimum Gasteiger partial charge on any atom is -0.497 e. The van der Waals surface area contributed by atoms with Crippen LogP contribution in [-0.4, -0.2) is 52.8 Å². The molecule has 1 aliphatic rings. The molecule has 4 rings (SSSR count). The van der Waals surface area contributed by atoms with Crippen LogP contribution in [0.1, 0.15) is 54.9 Å². The highest BCUT2D eigenvalue weighted by Gasteiger charge is 2.41. The zero-order valence-electron chi connectivity index (χ0n) is 22.4. The van der Waals surface area contributed by atoms with Gasteiger partial charge in [0, 0.05) is 24.2 Å². The lowest BCUT2D eigenvalue weighted by Crippen LogP contribution is -2.48. The molecule has 3 aromatic rings. The smallest absolute Gasteiger partial charge is 0.249 e. The molecule has 8 nitrogen and oxygen atoms in total. The number of methoxy groups -OCH3 is 1. The molecule has 1 saturated heterocycles. The van der Waals surface area contributed by atoms with Crippen LogP contribution in [0.3, 0.4) is 0 Å². The van der Waals surface area contributed by atoms with Crippen molar-refractivity contribution in [1.29, 1.82) is 0 Å². The molecule has 1 fully saturated rings. The maximum Gasteiger partial charge on any atom is 0.249 e. The minimum atomic E-state index is -1.20. The summed E-state index contributed by atoms with van der Waals surface area (Å²) in [7, 11) is 1.56. The number of nitrogens with zero attached hydrogens (tertiary/aromatic N) is 2. The van der Waals surface area contributed by atoms with Crippen LogP contribution < -0.4 is 16.0 Å². The van der Waals surface area contributed by atoms with Crippen molar-refractivity contribution in [2.45, 2.75) is 51.2 Å². The van der Waals surface area contributed by atoms with Crippen molar-refractivity contribution in [3.8, 4) is 5.75 Å². The van der Waals surface area contributed by atoms with Gasteiger partial charge in [-0.2, -0.15) is 0 Å². The zero-order chi connectivity index (χ0) is 28.9. The van der Waals surface area contributed by atoms with E-state index in [2.05, 4.69) is 9.88 Å². The van der Waals surface area contributed by atoms with E-state index in [1.54, 1.807) is 37.0 Å². The number of carbonyl (C=O) groups excluding carboxylic acids is 1. The quantitative estimate of drug-likeness (QED) is 0.158. The largest absolute Gasteiger partial charge is 0.497 e. The summed E-state index contributed by atoms with van der Waals surface area (Å²) in [5.74, 6) is -2.93. The fourth-order valence-electron chi connectivity index (χ4n) is 5.67. The number of hydrogen-bond donors (Lipinski definition) is 4. The predicted octanol–water partition coefficient (Wildman–Crippen LogP) is 4.15. The van der Waals surface area contributed by atoms with Crippen molar-refractivity contribution in [3.05, 3.63) is 70.7 Å². The van der Waals surface area contributed by atoms with Crippen LogP contribution in [0.25, 0.3) is 10.9 Å². The average molecular weight is 561 g/mol. The zero-order valence-corrected chi connectivity index (χ0v) is 22.4. The number of aryl methyl sites for hydroxylation is 1. The maximum atomic E-state index is 14.0. The minimum absolute atomic E-state index is 0.00407. The van der Waals surface area contributed by atoms with Gasteiger partial charge in [0.15, 0.2) is 11.6 Å². The van der Waals surface area contributed by atoms with Crippen molar-refractivity contribution in [2.24, 2.45) is 11.1 Å². The third kappa shape index (κ3) is 6.38. The summed E-state index contributed by atoms with van der Waals surface area (Å²) in [4.78, 5) is 19.4. The van der Waals surface area contributed by atoms with Gasteiger partial charge in [0.1, 0.15) is 11.6 Å². The van der Waals surface area contributed by atoms with Gasteiger partial charge in [-0.05, 0) is 99.1 Å². The van der Waals surface area contributed by atoms with E-state index < -0.39 is 34.9 Å². The van der Waals surface area contributed by atoms with Gasteiger partial charge in [-0.1, -0.05) is 0 Å². The number of halogens is 3. The predicted molar refractivity (Wildman–Crippen MR) is 143 cm³/mol. The van der Waals surface area contributed by atoms with Gasteiger partial charge in [-0.3, -0.25) is 15.0 Å². The van der Waals surface area contributed by atoms with Crippen molar-refractivity contribution in [1.82, 2.24) is 15.4 Å². The van der Waals surface area contributed by atoms with Crippen LogP contribution in [-0.2, 0) is 17.8 Å². The molecule has 1 amide bonds. The number of piperidine rings is 1. The van der Waals surface area contributed by atoms with Gasteiger partial charge in [-0.15, -0.1) is 0 Å². The van der Waals surface area contributed by atoms with Gasteiger partial charge in [-0.25, -0.2) is 18.7 Å². The second kappa shape index (κ2) is 12.9. The Labute approximate surface area is 230 Å². The number of aliphatic hydroxyl groups is 1. The van der Waals surface area contributed by atoms with Crippen LogP contribution in [0.2, 0.25) is 0 Å². The monoisotopic (exact) mass is 560 g/mol. The molecule has 216 valence electrons. The van der Waals surface area contributed by atoms with E-state index in [1.807, 2.05) is 0 Å². The average Bonchev–Trinajstić information content (AvgIpc) is 2.97. The lowest BCUT2D eigenvalue weighted by atomic mass is 9.73. The number of amides is 1. The highest BCUT2D eigenvalue weighted by Crippen LogP contribution is 2.40. The molecule has 1 atom stereocenters. The fraction of sp³-hybridized carbons (Fsp3) is 0.448. The number of rotatable bonds is 11. The van der Waals surface area contributed by atoms with E-state index >= 15 is 0 Å². The second-order valence-electron chi connectivity index (χ2n) is 10.4. The fourth-order valence-corrected chi connectivity index (χ4v) is 5.67. The number of aliphatic hydroxyl groups excluding tert-OH is 1. The van der Waals surface area contributed by atoms with Crippen LogP contribution in [0.15, 0.2) is 36.5 Å². The summed E-state index contributed by atoms with van der Waals surface area (Å²) >= 11 is 0. The third-order valence-electron chi connectivity index (χ3n) is 8.03. The summed E-state index contributed by atoms with van der Waals surface area (Å²) in [6.45, 7) is 1.80. The molecule has 11 heteroatoms. The summed E-state index contributed by atoms with van der Waals surface area (Å²) in [6.07, 6.45) is 2.82. The normalized spacial score (nSPS) is 16.2. The standard InChI is InChI=1S/C29H35F3N4O4/c1-40-21-4-5-24-22(15-21)26(19(16-33)17-34-24)25(37)6-7-29(28(38)35-39)8-11-36(12-9-29)10-2-3-18-13-20(30)14-23(31)27(18)32/h4-5,13-15,17,25,37,39H,2-3,6-12,16,33H2,1H3,(H,35,38). The van der Waals surface area contributed by atoms with Gasteiger partial charge in [0.2, 0.25) is 5.91 Å². The Morgan fingerprint density at radius 3 is 2.62 bits per heavy atom. The lowest BCUT2D eigenvalue weighted by Gasteiger charge is -2.40. The van der Waals surface area contributed by atoms with E-state index in [-0.39, 0.29) is 24.9 Å². The molecule has 0 spiro atoms. The SMILES string of the molecule is COc1ccc2ncc(CN)c(C(O)CCC3(C(=O)NO)CCN(CCCc4cc(F)cc(F)c4F)CC3)c2c1. The van der Waals surface area contributed by atoms with Crippen molar-refractivity contribution in [3.63, 3.8) is 0 Å². The first-order chi connectivity index (χ1) is 19.2. The Morgan fingerprint density at radius 2 is 1.95 bits per heavy atom. The summed E-state index contributed by atoms with van der Waals surface area (Å²) in [6, 6.07) is 6.93. The van der Waals surface area contributed by atoms with Crippen molar-refractivity contribution >= 4 is 16.8 Å². The number of pyridine rings is 1. The second-order valence-corrected chi connectivity index (χ2v) is 10.4. The number of nitrogens with two attached hydrogens (primary N) is 1. The number of benzene rings is 2. The van der Waals surface area contributed by atoms with E-state index in [4.69, 9.17) is 10.5 Å². The molecule has 40 heavy (non-hydrogen) atoms. The number of nitrogens with one attached hydrogen (secondary N) is 1. The molecule has 1 unspecified atom stereocenters. The molecule has 0 bridgehead atoms. The van der Waals surface area contributed by atoms with E-state index in [0.29, 0.717) is 73.8 Å². The number of likely N-dealkylation sites (tertiary alicyclic amines) is 1. The van der Waals surface area contributed by atoms with Gasteiger partial charge in [0.05, 0.1) is 24.1 Å². The molecule has 1 aliphatic heterocycles. The van der Waals surface area contributed by atoms with E-state index in [9.17, 15) is 28.3 Å². The molecule has 2 heterocycles. The molecule has 1 aromatic heterocycles. The molecule has 0 radical (unpaired) electrons. The number of hydroxylamine groups is 1. The number of hydrogen-bond acceptors (Lipinski definition) is 7. The summed E-state index contributed by atoms with van der Waals surface area (Å²) < 4.78 is 46.3. The topological polar surface area (TPSA) is 121 Å². The van der Waals surface area contributed by atoms with Crippen molar-refractivity contribution < 1.29 is 33.0 Å². The van der Waals surface area contributed by atoms with Crippen LogP contribution >= 0.6 is 0 Å². The molecular formula is C29H35F3N4O4. The van der Waals surface area contributed by atoms with Crippen LogP contribution in [0, 0.1) is 22.9 Å². The Kier molecular flexibility index (Phi) is 9.62. The van der Waals surface area contributed by atoms with Crippen molar-refractivity contribution in [2.75, 3.05) is 26.7 Å². The van der Waals surface area contributed by atoms with E-state index in [1.165, 1.54) is 0 Å². The first kappa shape index (κ1) is 29.7. The molecule has 5 N–H and O–H groups in total. The summed E-state index contributed by atoms with van der Waals surface area (Å²) in [5, 5.41) is 21.5. The molecule has 0 aliphatic carbocycles. The number of aromatic nitrogens is 1. The maximum absolute atomic E-state index is 14.0. The highest BCUT2D eigenvalue weighted by atomic mass is 19.2. The van der Waals surface area contributed by atoms with Crippen LogP contribution in [0.5, 0.6) is 5.75 Å². The first-order valence-corrected chi connectivity index (χ1v) is 13.4. The first-order valence-electron chi connectivity index (χ1n) is 13.4. The van der Waals surface area contributed by atoms with Gasteiger partial charge >= 0.3 is 0 Å². The molecular weight excluding hydrogens is 525 g/mol. The van der Waals surface area contributed by atoms with Crippen LogP contribution in [0.4, 0.5) is 13.2 Å². The number of carbonyl (C=O) groups is 1. The van der Waals surface area contributed by atoms with Gasteiger partial charge in [0.25, 0.3) is 0 Å². The third-order valence-corrected chi connectivity index (χ3v) is 8.03. The molecule has 2 aromatic carbocycles.